The Bertz CT molecular complexity index is 1180. The van der Waals surface area contributed by atoms with E-state index in [4.69, 9.17) is 14.7 Å². The Morgan fingerprint density at radius 3 is 2.62 bits per heavy atom. The highest BCUT2D eigenvalue weighted by Crippen LogP contribution is 2.30. The fraction of sp³-hybridized carbons (Fsp3) is 0.200. The van der Waals surface area contributed by atoms with Gasteiger partial charge in [-0.2, -0.15) is 0 Å². The number of methoxy groups -OCH3 is 1. The molecule has 0 fully saturated rings. The van der Waals surface area contributed by atoms with E-state index in [0.29, 0.717) is 18.5 Å². The van der Waals surface area contributed by atoms with Crippen LogP contribution in [0.5, 0.6) is 5.75 Å². The number of fused-ring (bicyclic) bond motifs is 1. The van der Waals surface area contributed by atoms with Crippen molar-refractivity contribution in [2.75, 3.05) is 12.4 Å². The van der Waals surface area contributed by atoms with E-state index in [2.05, 4.69) is 5.32 Å². The molecular formula is C25H25FN2O6. The second-order valence-electron chi connectivity index (χ2n) is 7.42. The number of nitrogens with one attached hydrogen (secondary N) is 2. The number of phenolic OH excluding ortho intramolecular Hbond substituents is 1. The zero-order valence-electron chi connectivity index (χ0n) is 18.4. The smallest absolute Gasteiger partial charge is 0.412 e. The van der Waals surface area contributed by atoms with Crippen molar-refractivity contribution in [1.29, 1.82) is 0 Å². The third-order valence-corrected chi connectivity index (χ3v) is 5.20. The molecule has 0 aliphatic heterocycles. The minimum absolute atomic E-state index is 0.285. The van der Waals surface area contributed by atoms with Crippen LogP contribution in [0.25, 0.3) is 10.8 Å². The summed E-state index contributed by atoms with van der Waals surface area (Å²) in [6, 6.07) is 16.7. The van der Waals surface area contributed by atoms with Gasteiger partial charge in [-0.25, -0.2) is 14.7 Å². The van der Waals surface area contributed by atoms with Crippen LogP contribution in [0.3, 0.4) is 0 Å². The average molecular weight is 468 g/mol. The highest BCUT2D eigenvalue weighted by atomic mass is 19.1. The van der Waals surface area contributed by atoms with Gasteiger partial charge in [-0.15, -0.1) is 0 Å². The SMILES string of the molecule is CO[C@H](CC/C=C/C(=O)NO)[C@H](OC(=O)Nc1cccc2ccccc12)c1ccc(O)c(F)c1. The standard InChI is InChI=1S/C25H25FN2O6/c1-33-22(11-4-5-12-23(30)28-32)24(17-13-14-21(29)19(26)15-17)34-25(31)27-20-10-6-8-16-7-2-3-9-18(16)20/h2-3,5-10,12-15,22,24,29,32H,4,11H2,1H3,(H,27,31)(H,28,30)/b12-5+/t22-,24-/m1/s1. The normalized spacial score (nSPS) is 12.9. The third kappa shape index (κ3) is 6.31. The lowest BCUT2D eigenvalue weighted by molar-refractivity contribution is -0.124. The molecule has 3 rings (SSSR count). The number of rotatable bonds is 9. The summed E-state index contributed by atoms with van der Waals surface area (Å²) < 4.78 is 25.3. The van der Waals surface area contributed by atoms with Gasteiger partial charge in [0.15, 0.2) is 17.7 Å². The van der Waals surface area contributed by atoms with Gasteiger partial charge in [0.2, 0.25) is 0 Å². The summed E-state index contributed by atoms with van der Waals surface area (Å²) in [5.74, 6) is -2.08. The van der Waals surface area contributed by atoms with Gasteiger partial charge in [0.25, 0.3) is 5.91 Å². The summed E-state index contributed by atoms with van der Waals surface area (Å²) in [5.41, 5.74) is 2.32. The minimum Gasteiger partial charge on any atom is -0.505 e. The Hall–Kier alpha value is -3.95. The molecule has 0 aliphatic carbocycles. The van der Waals surface area contributed by atoms with Crippen LogP contribution in [0.2, 0.25) is 0 Å². The molecule has 0 saturated carbocycles. The van der Waals surface area contributed by atoms with Gasteiger partial charge in [-0.3, -0.25) is 15.3 Å². The molecule has 0 radical (unpaired) electrons. The molecule has 3 aromatic carbocycles. The molecule has 0 aromatic heterocycles. The molecule has 0 aliphatic rings. The van der Waals surface area contributed by atoms with Crippen LogP contribution in [-0.2, 0) is 14.3 Å². The van der Waals surface area contributed by atoms with E-state index < -0.39 is 35.8 Å². The van der Waals surface area contributed by atoms with E-state index in [1.165, 1.54) is 30.8 Å². The van der Waals surface area contributed by atoms with Crippen LogP contribution in [-0.4, -0.2) is 35.5 Å². The molecule has 0 bridgehead atoms. The van der Waals surface area contributed by atoms with Gasteiger partial charge in [-0.05, 0) is 42.0 Å². The Morgan fingerprint density at radius 2 is 1.88 bits per heavy atom. The minimum atomic E-state index is -1.02. The maximum atomic E-state index is 14.1. The quantitative estimate of drug-likeness (QED) is 0.203. The molecule has 2 atom stereocenters. The van der Waals surface area contributed by atoms with Crippen molar-refractivity contribution in [2.45, 2.75) is 25.0 Å². The number of amides is 2. The topological polar surface area (TPSA) is 117 Å². The molecule has 9 heteroatoms. The summed E-state index contributed by atoms with van der Waals surface area (Å²) in [5, 5.41) is 22.6. The molecular weight excluding hydrogens is 443 g/mol. The van der Waals surface area contributed by atoms with Crippen molar-refractivity contribution >= 4 is 28.5 Å². The number of benzene rings is 3. The molecule has 0 unspecified atom stereocenters. The number of anilines is 1. The fourth-order valence-corrected chi connectivity index (χ4v) is 3.53. The summed E-state index contributed by atoms with van der Waals surface area (Å²) in [6.07, 6.45) is 0.821. The molecule has 8 nitrogen and oxygen atoms in total. The van der Waals surface area contributed by atoms with E-state index in [9.17, 15) is 19.1 Å². The highest BCUT2D eigenvalue weighted by Gasteiger charge is 2.28. The first kappa shape index (κ1) is 24.7. The van der Waals surface area contributed by atoms with Crippen LogP contribution in [0, 0.1) is 5.82 Å². The lowest BCUT2D eigenvalue weighted by Crippen LogP contribution is -2.28. The van der Waals surface area contributed by atoms with Crippen LogP contribution in [0.1, 0.15) is 24.5 Å². The monoisotopic (exact) mass is 468 g/mol. The Labute approximate surface area is 195 Å². The number of hydrogen-bond donors (Lipinski definition) is 4. The van der Waals surface area contributed by atoms with Gasteiger partial charge < -0.3 is 14.6 Å². The van der Waals surface area contributed by atoms with E-state index in [-0.39, 0.29) is 5.56 Å². The first-order chi connectivity index (χ1) is 16.4. The predicted molar refractivity (Wildman–Crippen MR) is 124 cm³/mol. The summed E-state index contributed by atoms with van der Waals surface area (Å²) >= 11 is 0. The molecule has 0 saturated heterocycles. The van der Waals surface area contributed by atoms with Crippen molar-refractivity contribution in [2.24, 2.45) is 0 Å². The number of aromatic hydroxyl groups is 1. The van der Waals surface area contributed by atoms with Gasteiger partial charge >= 0.3 is 6.09 Å². The van der Waals surface area contributed by atoms with E-state index in [1.54, 1.807) is 12.1 Å². The summed E-state index contributed by atoms with van der Waals surface area (Å²) in [4.78, 5) is 24.0. The van der Waals surface area contributed by atoms with Crippen molar-refractivity contribution in [3.63, 3.8) is 0 Å². The maximum Gasteiger partial charge on any atom is 0.412 e. The summed E-state index contributed by atoms with van der Waals surface area (Å²) in [7, 11) is 1.42. The first-order valence-electron chi connectivity index (χ1n) is 10.5. The zero-order valence-corrected chi connectivity index (χ0v) is 18.4. The Kier molecular flexibility index (Phi) is 8.55. The van der Waals surface area contributed by atoms with Crippen molar-refractivity contribution in [3.05, 3.63) is 84.2 Å². The van der Waals surface area contributed by atoms with E-state index in [0.717, 1.165) is 22.9 Å². The average Bonchev–Trinajstić information content (AvgIpc) is 2.85. The predicted octanol–water partition coefficient (Wildman–Crippen LogP) is 4.83. The van der Waals surface area contributed by atoms with Gasteiger partial charge in [0.05, 0.1) is 11.8 Å². The van der Waals surface area contributed by atoms with E-state index >= 15 is 0 Å². The fourth-order valence-electron chi connectivity index (χ4n) is 3.53. The number of hydrogen-bond acceptors (Lipinski definition) is 6. The number of hydroxylamine groups is 1. The third-order valence-electron chi connectivity index (χ3n) is 5.20. The molecule has 4 N–H and O–H groups in total. The van der Waals surface area contributed by atoms with Crippen LogP contribution < -0.4 is 10.8 Å². The largest absolute Gasteiger partial charge is 0.505 e. The zero-order chi connectivity index (χ0) is 24.5. The van der Waals surface area contributed by atoms with E-state index in [1.807, 2.05) is 30.3 Å². The van der Waals surface area contributed by atoms with Gasteiger partial charge in [0, 0.05) is 18.6 Å². The molecule has 34 heavy (non-hydrogen) atoms. The number of allylic oxidation sites excluding steroid dienone is 1. The molecule has 3 aromatic rings. The van der Waals surface area contributed by atoms with Crippen LogP contribution >= 0.6 is 0 Å². The number of ether oxygens (including phenoxy) is 2. The molecule has 0 spiro atoms. The van der Waals surface area contributed by atoms with Crippen molar-refractivity contribution in [1.82, 2.24) is 5.48 Å². The number of halogens is 1. The number of carbonyl (C=O) groups is 2. The lowest BCUT2D eigenvalue weighted by Gasteiger charge is -2.26. The highest BCUT2D eigenvalue weighted by molar-refractivity contribution is 6.00. The Morgan fingerprint density at radius 1 is 1.12 bits per heavy atom. The Balaban J connectivity index is 1.82. The number of phenols is 1. The molecule has 178 valence electrons. The lowest BCUT2D eigenvalue weighted by atomic mass is 10.00. The van der Waals surface area contributed by atoms with Gasteiger partial charge in [-0.1, -0.05) is 48.5 Å². The van der Waals surface area contributed by atoms with Crippen LogP contribution in [0.4, 0.5) is 14.9 Å². The maximum absolute atomic E-state index is 14.1. The van der Waals surface area contributed by atoms with Crippen LogP contribution in [0.15, 0.2) is 72.8 Å². The van der Waals surface area contributed by atoms with Gasteiger partial charge in [0.1, 0.15) is 0 Å². The second-order valence-corrected chi connectivity index (χ2v) is 7.42. The second kappa shape index (κ2) is 11.8. The number of carbonyl (C=O) groups excluding carboxylic acids is 2. The molecule has 0 heterocycles. The summed E-state index contributed by atoms with van der Waals surface area (Å²) in [6.45, 7) is 0. The molecule has 2 amide bonds. The van der Waals surface area contributed by atoms with Crippen molar-refractivity contribution < 1.29 is 33.8 Å². The first-order valence-corrected chi connectivity index (χ1v) is 10.5. The van der Waals surface area contributed by atoms with Crippen molar-refractivity contribution in [3.8, 4) is 5.75 Å².